The molecule has 0 N–H and O–H groups in total. The van der Waals surface area contributed by atoms with E-state index in [0.29, 0.717) is 47.1 Å². The van der Waals surface area contributed by atoms with E-state index in [1.807, 2.05) is 37.3 Å². The van der Waals surface area contributed by atoms with E-state index in [0.717, 1.165) is 61.2 Å². The summed E-state index contributed by atoms with van der Waals surface area (Å²) in [6, 6.07) is 20.1. The molecule has 0 aromatic heterocycles. The largest absolute Gasteiger partial charge is 0.490 e. The number of ether oxygens (including phenoxy) is 2. The van der Waals surface area contributed by atoms with Gasteiger partial charge in [0.25, 0.3) is 0 Å². The smallest absolute Gasteiger partial charge is 0.180 e. The third-order valence-corrected chi connectivity index (χ3v) is 8.80. The summed E-state index contributed by atoms with van der Waals surface area (Å²) >= 11 is 6.87. The minimum absolute atomic E-state index is 0.0894. The van der Waals surface area contributed by atoms with Crippen molar-refractivity contribution >= 4 is 23.2 Å². The number of carbonyl (C=O) groups excluding carboxylic acids is 2. The standard InChI is InChI=1S/C36H35ClFNO4/c1-2-42-32-21-25(20-27(37)36(32)43-22-24-14-16-26(38)17-15-24)33-34-28(10-6-12-30(34)40)39(19-18-23-8-4-3-5-9-23)29-11-7-13-31(41)35(29)33/h3-5,8-9,14-17,20-21,33H,2,6-7,10-13,18-19,22H2,1H3. The molecule has 2 aliphatic carbocycles. The molecule has 0 bridgehead atoms. The van der Waals surface area contributed by atoms with Crippen LogP contribution in [0.1, 0.15) is 68.1 Å². The minimum atomic E-state index is -0.499. The lowest BCUT2D eigenvalue weighted by molar-refractivity contribution is -0.117. The fraction of sp³-hybridized carbons (Fsp3) is 0.333. The van der Waals surface area contributed by atoms with E-state index >= 15 is 0 Å². The second-order valence-corrected chi connectivity index (χ2v) is 11.7. The van der Waals surface area contributed by atoms with Crippen molar-refractivity contribution in [2.45, 2.75) is 64.4 Å². The molecule has 6 rings (SSSR count). The second-order valence-electron chi connectivity index (χ2n) is 11.3. The first kappa shape index (κ1) is 29.2. The first-order valence-electron chi connectivity index (χ1n) is 15.1. The van der Waals surface area contributed by atoms with Crippen LogP contribution in [0.5, 0.6) is 11.5 Å². The van der Waals surface area contributed by atoms with Crippen molar-refractivity contribution in [3.63, 3.8) is 0 Å². The summed E-state index contributed by atoms with van der Waals surface area (Å²) in [5, 5.41) is 0.338. The molecule has 222 valence electrons. The number of benzene rings is 3. The Morgan fingerprint density at radius 3 is 2.12 bits per heavy atom. The fourth-order valence-corrected chi connectivity index (χ4v) is 6.87. The summed E-state index contributed by atoms with van der Waals surface area (Å²) in [5.41, 5.74) is 6.28. The second kappa shape index (κ2) is 12.8. The average Bonchev–Trinajstić information content (AvgIpc) is 3.01. The predicted octanol–water partition coefficient (Wildman–Crippen LogP) is 8.11. The monoisotopic (exact) mass is 599 g/mol. The van der Waals surface area contributed by atoms with Gasteiger partial charge in [-0.15, -0.1) is 0 Å². The summed E-state index contributed by atoms with van der Waals surface area (Å²) in [6.45, 7) is 3.16. The normalized spacial score (nSPS) is 17.2. The molecule has 3 aromatic rings. The van der Waals surface area contributed by atoms with Gasteiger partial charge < -0.3 is 14.4 Å². The lowest BCUT2D eigenvalue weighted by atomic mass is 9.71. The molecule has 7 heteroatoms. The molecule has 3 aromatic carbocycles. The molecule has 0 saturated heterocycles. The van der Waals surface area contributed by atoms with Gasteiger partial charge in [0.15, 0.2) is 23.1 Å². The summed E-state index contributed by atoms with van der Waals surface area (Å²) in [6.07, 6.45) is 4.92. The van der Waals surface area contributed by atoms with Crippen molar-refractivity contribution in [3.05, 3.63) is 117 Å². The van der Waals surface area contributed by atoms with Gasteiger partial charge in [-0.2, -0.15) is 0 Å². The third-order valence-electron chi connectivity index (χ3n) is 8.51. The Hall–Kier alpha value is -3.90. The molecule has 0 saturated carbocycles. The van der Waals surface area contributed by atoms with E-state index in [9.17, 15) is 14.0 Å². The maximum absolute atomic E-state index is 13.7. The van der Waals surface area contributed by atoms with Gasteiger partial charge in [0.1, 0.15) is 12.4 Å². The van der Waals surface area contributed by atoms with Crippen molar-refractivity contribution in [3.8, 4) is 11.5 Å². The molecule has 0 spiro atoms. The zero-order valence-electron chi connectivity index (χ0n) is 24.3. The number of Topliss-reactive ketones (excluding diaryl/α,β-unsaturated/α-hetero) is 2. The maximum atomic E-state index is 13.7. The Labute approximate surface area is 256 Å². The van der Waals surface area contributed by atoms with E-state index in [1.54, 1.807) is 12.1 Å². The first-order valence-corrected chi connectivity index (χ1v) is 15.5. The number of carbonyl (C=O) groups is 2. The minimum Gasteiger partial charge on any atom is -0.490 e. The summed E-state index contributed by atoms with van der Waals surface area (Å²) < 4.78 is 25.5. The third kappa shape index (κ3) is 5.98. The number of allylic oxidation sites excluding steroid dienone is 4. The van der Waals surface area contributed by atoms with Crippen LogP contribution in [-0.2, 0) is 22.6 Å². The van der Waals surface area contributed by atoms with Crippen LogP contribution in [-0.4, -0.2) is 29.6 Å². The van der Waals surface area contributed by atoms with Crippen LogP contribution in [0.2, 0.25) is 5.02 Å². The predicted molar refractivity (Wildman–Crippen MR) is 165 cm³/mol. The van der Waals surface area contributed by atoms with Crippen molar-refractivity contribution < 1.29 is 23.5 Å². The van der Waals surface area contributed by atoms with Gasteiger partial charge in [0, 0.05) is 47.8 Å². The molecule has 0 unspecified atom stereocenters. The molecule has 0 radical (unpaired) electrons. The van der Waals surface area contributed by atoms with Crippen LogP contribution in [0, 0.1) is 5.82 Å². The number of rotatable bonds is 9. The Morgan fingerprint density at radius 2 is 1.49 bits per heavy atom. The number of halogens is 2. The summed E-state index contributed by atoms with van der Waals surface area (Å²) in [5.74, 6) is 0.198. The molecular formula is C36H35ClFNO4. The van der Waals surface area contributed by atoms with Crippen LogP contribution in [0.25, 0.3) is 0 Å². The summed E-state index contributed by atoms with van der Waals surface area (Å²) in [4.78, 5) is 29.7. The van der Waals surface area contributed by atoms with Crippen molar-refractivity contribution in [2.24, 2.45) is 0 Å². The van der Waals surface area contributed by atoms with Crippen molar-refractivity contribution in [1.82, 2.24) is 4.90 Å². The molecule has 3 aliphatic rings. The van der Waals surface area contributed by atoms with Crippen molar-refractivity contribution in [1.29, 1.82) is 0 Å². The number of nitrogens with zero attached hydrogens (tertiary/aromatic N) is 1. The van der Waals surface area contributed by atoms with Crippen LogP contribution in [0.4, 0.5) is 4.39 Å². The highest BCUT2D eigenvalue weighted by atomic mass is 35.5. The van der Waals surface area contributed by atoms with Crippen LogP contribution >= 0.6 is 11.6 Å². The van der Waals surface area contributed by atoms with Crippen LogP contribution < -0.4 is 9.47 Å². The zero-order valence-corrected chi connectivity index (χ0v) is 25.1. The topological polar surface area (TPSA) is 55.8 Å². The van der Waals surface area contributed by atoms with Gasteiger partial charge in [-0.3, -0.25) is 9.59 Å². The molecule has 0 amide bonds. The van der Waals surface area contributed by atoms with E-state index < -0.39 is 5.92 Å². The lowest BCUT2D eigenvalue weighted by Gasteiger charge is -2.44. The van der Waals surface area contributed by atoms with E-state index in [-0.39, 0.29) is 24.0 Å². The van der Waals surface area contributed by atoms with Crippen LogP contribution in [0.15, 0.2) is 89.3 Å². The quantitative estimate of drug-likeness (QED) is 0.249. The highest BCUT2D eigenvalue weighted by Crippen LogP contribution is 2.51. The van der Waals surface area contributed by atoms with Gasteiger partial charge in [0.2, 0.25) is 0 Å². The number of hydrogen-bond acceptors (Lipinski definition) is 5. The lowest BCUT2D eigenvalue weighted by Crippen LogP contribution is -2.40. The SMILES string of the molecule is CCOc1cc(C2C3=C(CCCC3=O)N(CCc3ccccc3)C3=C2C(=O)CCC3)cc(Cl)c1OCc1ccc(F)cc1. The molecule has 43 heavy (non-hydrogen) atoms. The molecular weight excluding hydrogens is 565 g/mol. The summed E-state index contributed by atoms with van der Waals surface area (Å²) in [7, 11) is 0. The molecule has 5 nitrogen and oxygen atoms in total. The van der Waals surface area contributed by atoms with Gasteiger partial charge in [-0.05, 0) is 80.0 Å². The Kier molecular flexibility index (Phi) is 8.66. The van der Waals surface area contributed by atoms with Gasteiger partial charge in [0.05, 0.1) is 11.6 Å². The Morgan fingerprint density at radius 1 is 0.837 bits per heavy atom. The Balaban J connectivity index is 1.41. The zero-order chi connectivity index (χ0) is 29.9. The van der Waals surface area contributed by atoms with E-state index in [2.05, 4.69) is 17.0 Å². The number of ketones is 2. The van der Waals surface area contributed by atoms with E-state index in [1.165, 1.54) is 17.7 Å². The fourth-order valence-electron chi connectivity index (χ4n) is 6.60. The number of hydrogen-bond donors (Lipinski definition) is 0. The van der Waals surface area contributed by atoms with Crippen LogP contribution in [0.3, 0.4) is 0 Å². The highest BCUT2D eigenvalue weighted by Gasteiger charge is 2.43. The molecule has 0 atom stereocenters. The molecule has 1 aliphatic heterocycles. The van der Waals surface area contributed by atoms with Gasteiger partial charge in [-0.1, -0.05) is 54.1 Å². The molecule has 1 heterocycles. The Bertz CT molecular complexity index is 1550. The average molecular weight is 600 g/mol. The van der Waals surface area contributed by atoms with Crippen molar-refractivity contribution in [2.75, 3.05) is 13.2 Å². The van der Waals surface area contributed by atoms with Gasteiger partial charge >= 0.3 is 0 Å². The first-order chi connectivity index (χ1) is 20.9. The maximum Gasteiger partial charge on any atom is 0.180 e. The molecule has 0 fully saturated rings. The van der Waals surface area contributed by atoms with E-state index in [4.69, 9.17) is 21.1 Å². The highest BCUT2D eigenvalue weighted by molar-refractivity contribution is 6.32. The van der Waals surface area contributed by atoms with Gasteiger partial charge in [-0.25, -0.2) is 4.39 Å².